The average Bonchev–Trinajstić information content (AvgIpc) is 2.82. The van der Waals surface area contributed by atoms with Gasteiger partial charge in [-0.25, -0.2) is 0 Å². The third-order valence-corrected chi connectivity index (χ3v) is 6.21. The first-order chi connectivity index (χ1) is 15.5. The van der Waals surface area contributed by atoms with Crippen molar-refractivity contribution in [3.8, 4) is 11.1 Å². The molecule has 4 rings (SSSR count). The first-order valence-electron chi connectivity index (χ1n) is 11.0. The van der Waals surface area contributed by atoms with E-state index in [9.17, 15) is 9.59 Å². The van der Waals surface area contributed by atoms with Crippen LogP contribution in [0.3, 0.4) is 0 Å². The Morgan fingerprint density at radius 2 is 1.72 bits per heavy atom. The number of nitrogens with one attached hydrogen (secondary N) is 1. The van der Waals surface area contributed by atoms with Gasteiger partial charge in [-0.05, 0) is 65.8 Å². The predicted octanol–water partition coefficient (Wildman–Crippen LogP) is 5.35. The van der Waals surface area contributed by atoms with Crippen molar-refractivity contribution >= 4 is 23.4 Å². The molecule has 0 saturated carbocycles. The van der Waals surface area contributed by atoms with Gasteiger partial charge in [0, 0.05) is 36.6 Å². The van der Waals surface area contributed by atoms with E-state index in [1.807, 2.05) is 48.5 Å². The van der Waals surface area contributed by atoms with Gasteiger partial charge in [0.15, 0.2) is 0 Å². The lowest BCUT2D eigenvalue weighted by Crippen LogP contribution is -2.37. The van der Waals surface area contributed by atoms with E-state index in [0.717, 1.165) is 48.1 Å². The Hall–Kier alpha value is -3.11. The Morgan fingerprint density at radius 3 is 2.44 bits per heavy atom. The minimum atomic E-state index is -0.0262. The van der Waals surface area contributed by atoms with Crippen molar-refractivity contribution in [2.45, 2.75) is 25.8 Å². The van der Waals surface area contributed by atoms with Crippen molar-refractivity contribution in [3.63, 3.8) is 0 Å². The van der Waals surface area contributed by atoms with Crippen LogP contribution in [0.25, 0.3) is 11.1 Å². The average molecular weight is 447 g/mol. The van der Waals surface area contributed by atoms with Crippen molar-refractivity contribution in [2.75, 3.05) is 13.6 Å². The molecule has 0 radical (unpaired) electrons. The molecule has 2 amide bonds. The summed E-state index contributed by atoms with van der Waals surface area (Å²) >= 11 is 5.95. The van der Waals surface area contributed by atoms with Crippen molar-refractivity contribution < 1.29 is 9.59 Å². The van der Waals surface area contributed by atoms with E-state index in [1.165, 1.54) is 0 Å². The third kappa shape index (κ3) is 5.38. The molecule has 1 fully saturated rings. The van der Waals surface area contributed by atoms with Crippen LogP contribution in [0.5, 0.6) is 0 Å². The van der Waals surface area contributed by atoms with E-state index in [0.29, 0.717) is 17.1 Å². The number of rotatable bonds is 6. The molecule has 0 spiro atoms. The maximum Gasteiger partial charge on any atom is 0.253 e. The van der Waals surface area contributed by atoms with Gasteiger partial charge in [-0.2, -0.15) is 0 Å². The van der Waals surface area contributed by atoms with Gasteiger partial charge < -0.3 is 10.2 Å². The molecular weight excluding hydrogens is 420 g/mol. The molecule has 1 aliphatic heterocycles. The number of piperidine rings is 1. The molecule has 32 heavy (non-hydrogen) atoms. The molecule has 0 unspecified atom stereocenters. The standard InChI is InChI=1S/C27H27ClN2O2/c1-30(18-20-9-13-25(28)14-10-20)27(32)24-5-2-4-22(17-24)21-11-7-19(8-12-21)16-23-6-3-15-29-26(23)31/h2,4-5,7-14,17,23H,3,6,15-16,18H2,1H3,(H,29,31)/t23-/m0/s1. The van der Waals surface area contributed by atoms with Gasteiger partial charge in [0.05, 0.1) is 0 Å². The Labute approximate surface area is 194 Å². The van der Waals surface area contributed by atoms with Crippen molar-refractivity contribution in [3.05, 3.63) is 94.5 Å². The fourth-order valence-corrected chi connectivity index (χ4v) is 4.26. The summed E-state index contributed by atoms with van der Waals surface area (Å²) in [6.07, 6.45) is 2.75. The SMILES string of the molecule is CN(Cc1ccc(Cl)cc1)C(=O)c1cccc(-c2ccc(C[C@@H]3CCCNC3=O)cc2)c1. The molecule has 0 bridgehead atoms. The quantitative estimate of drug-likeness (QED) is 0.555. The highest BCUT2D eigenvalue weighted by Crippen LogP contribution is 2.24. The number of halogens is 1. The summed E-state index contributed by atoms with van der Waals surface area (Å²) in [5.74, 6) is 0.197. The number of carbonyl (C=O) groups is 2. The predicted molar refractivity (Wildman–Crippen MR) is 129 cm³/mol. The second-order valence-electron chi connectivity index (χ2n) is 8.40. The summed E-state index contributed by atoms with van der Waals surface area (Å²) in [7, 11) is 1.81. The lowest BCUT2D eigenvalue weighted by atomic mass is 9.91. The lowest BCUT2D eigenvalue weighted by molar-refractivity contribution is -0.126. The number of hydrogen-bond donors (Lipinski definition) is 1. The summed E-state index contributed by atoms with van der Waals surface area (Å²) in [4.78, 5) is 26.7. The maximum atomic E-state index is 13.0. The smallest absolute Gasteiger partial charge is 0.253 e. The minimum absolute atomic E-state index is 0.0262. The zero-order valence-electron chi connectivity index (χ0n) is 18.2. The molecule has 3 aromatic rings. The number of amides is 2. The molecule has 5 heteroatoms. The first kappa shape index (κ1) is 22.1. The highest BCUT2D eigenvalue weighted by atomic mass is 35.5. The van der Waals surface area contributed by atoms with Crippen molar-refractivity contribution in [2.24, 2.45) is 5.92 Å². The number of carbonyl (C=O) groups excluding carboxylic acids is 2. The van der Waals surface area contributed by atoms with Gasteiger partial charge in [0.2, 0.25) is 5.91 Å². The van der Waals surface area contributed by atoms with Crippen LogP contribution < -0.4 is 5.32 Å². The van der Waals surface area contributed by atoms with E-state index in [2.05, 4.69) is 29.6 Å². The second-order valence-corrected chi connectivity index (χ2v) is 8.84. The van der Waals surface area contributed by atoms with E-state index in [1.54, 1.807) is 11.9 Å². The molecule has 0 aliphatic carbocycles. The highest BCUT2D eigenvalue weighted by molar-refractivity contribution is 6.30. The topological polar surface area (TPSA) is 49.4 Å². The largest absolute Gasteiger partial charge is 0.356 e. The number of benzene rings is 3. The van der Waals surface area contributed by atoms with Gasteiger partial charge in [0.1, 0.15) is 0 Å². The molecule has 1 atom stereocenters. The summed E-state index contributed by atoms with van der Waals surface area (Å²) in [5.41, 5.74) is 4.89. The van der Waals surface area contributed by atoms with E-state index >= 15 is 0 Å². The summed E-state index contributed by atoms with van der Waals surface area (Å²) in [6.45, 7) is 1.31. The zero-order valence-corrected chi connectivity index (χ0v) is 18.9. The van der Waals surface area contributed by atoms with Gasteiger partial charge in [-0.1, -0.05) is 60.1 Å². The maximum absolute atomic E-state index is 13.0. The van der Waals surface area contributed by atoms with Crippen LogP contribution in [0.2, 0.25) is 5.02 Å². The molecule has 1 heterocycles. The molecule has 3 aromatic carbocycles. The number of hydrogen-bond acceptors (Lipinski definition) is 2. The molecular formula is C27H27ClN2O2. The van der Waals surface area contributed by atoms with Crippen LogP contribution >= 0.6 is 11.6 Å². The third-order valence-electron chi connectivity index (χ3n) is 5.96. The molecule has 4 nitrogen and oxygen atoms in total. The minimum Gasteiger partial charge on any atom is -0.356 e. The van der Waals surface area contributed by atoms with E-state index in [-0.39, 0.29) is 17.7 Å². The Bertz CT molecular complexity index is 1090. The van der Waals surface area contributed by atoms with Crippen LogP contribution in [0.1, 0.15) is 34.3 Å². The van der Waals surface area contributed by atoms with Crippen molar-refractivity contribution in [1.29, 1.82) is 0 Å². The fourth-order valence-electron chi connectivity index (χ4n) is 4.14. The second kappa shape index (κ2) is 10.0. The Balaban J connectivity index is 1.44. The molecule has 164 valence electrons. The Morgan fingerprint density at radius 1 is 1.00 bits per heavy atom. The van der Waals surface area contributed by atoms with Crippen LogP contribution in [0.4, 0.5) is 0 Å². The van der Waals surface area contributed by atoms with Crippen LogP contribution in [-0.2, 0) is 17.8 Å². The van der Waals surface area contributed by atoms with Gasteiger partial charge >= 0.3 is 0 Å². The van der Waals surface area contributed by atoms with Gasteiger partial charge in [0.25, 0.3) is 5.91 Å². The zero-order chi connectivity index (χ0) is 22.5. The summed E-state index contributed by atoms with van der Waals surface area (Å²) in [5, 5.41) is 3.64. The monoisotopic (exact) mass is 446 g/mol. The van der Waals surface area contributed by atoms with Crippen molar-refractivity contribution in [1.82, 2.24) is 10.2 Å². The van der Waals surface area contributed by atoms with Crippen LogP contribution in [0.15, 0.2) is 72.8 Å². The van der Waals surface area contributed by atoms with Crippen LogP contribution in [-0.4, -0.2) is 30.3 Å². The molecule has 1 N–H and O–H groups in total. The molecule has 0 aromatic heterocycles. The fraction of sp³-hybridized carbons (Fsp3) is 0.259. The summed E-state index contributed by atoms with van der Waals surface area (Å²) < 4.78 is 0. The van der Waals surface area contributed by atoms with E-state index in [4.69, 9.17) is 11.6 Å². The molecule has 1 saturated heterocycles. The normalized spacial score (nSPS) is 15.8. The highest BCUT2D eigenvalue weighted by Gasteiger charge is 2.22. The molecule has 1 aliphatic rings. The van der Waals surface area contributed by atoms with Gasteiger partial charge in [-0.15, -0.1) is 0 Å². The Kier molecular flexibility index (Phi) is 6.91. The summed E-state index contributed by atoms with van der Waals surface area (Å²) in [6, 6.07) is 23.5. The van der Waals surface area contributed by atoms with Crippen LogP contribution in [0, 0.1) is 5.92 Å². The number of nitrogens with zero attached hydrogens (tertiary/aromatic N) is 1. The van der Waals surface area contributed by atoms with E-state index < -0.39 is 0 Å². The lowest BCUT2D eigenvalue weighted by Gasteiger charge is -2.21. The van der Waals surface area contributed by atoms with Gasteiger partial charge in [-0.3, -0.25) is 9.59 Å². The first-order valence-corrected chi connectivity index (χ1v) is 11.3.